The molecule has 5 heteroatoms. The number of Topliss-reactive ketones (excluding diaryl/α,β-unsaturated/α-hetero) is 1. The Morgan fingerprint density at radius 1 is 1.10 bits per heavy atom. The molecule has 156 valence electrons. The number of likely N-dealkylation sites (tertiary alicyclic amines) is 1. The van der Waals surface area contributed by atoms with E-state index in [1.165, 1.54) is 48.9 Å². The second-order valence-corrected chi connectivity index (χ2v) is 8.86. The highest BCUT2D eigenvalue weighted by Crippen LogP contribution is 2.35. The molecule has 2 N–H and O–H groups in total. The van der Waals surface area contributed by atoms with Crippen LogP contribution in [0.5, 0.6) is 0 Å². The van der Waals surface area contributed by atoms with E-state index < -0.39 is 0 Å². The fourth-order valence-electron chi connectivity index (χ4n) is 5.08. The first-order valence-electron chi connectivity index (χ1n) is 11.2. The second kappa shape index (κ2) is 7.88. The number of piperidine rings is 1. The summed E-state index contributed by atoms with van der Waals surface area (Å²) in [5, 5.41) is 2.95. The number of hydrogen-bond acceptors (Lipinski definition) is 3. The summed E-state index contributed by atoms with van der Waals surface area (Å²) in [5.74, 6) is 0.0301. The van der Waals surface area contributed by atoms with Crippen LogP contribution in [0.2, 0.25) is 0 Å². The number of fused-ring (bicyclic) bond motifs is 2. The number of aromatic amines is 1. The molecule has 30 heavy (non-hydrogen) atoms. The van der Waals surface area contributed by atoms with Gasteiger partial charge in [0.1, 0.15) is 0 Å². The molecule has 0 unspecified atom stereocenters. The Hall–Kier alpha value is -2.66. The molecule has 3 aliphatic rings. The van der Waals surface area contributed by atoms with E-state index in [1.807, 2.05) is 24.3 Å². The number of rotatable bonds is 4. The highest BCUT2D eigenvalue weighted by Gasteiger charge is 2.27. The number of nitrogens with zero attached hydrogens (tertiary/aromatic N) is 1. The molecule has 0 saturated carbocycles. The van der Waals surface area contributed by atoms with Crippen LogP contribution in [0, 0.1) is 6.92 Å². The highest BCUT2D eigenvalue weighted by atomic mass is 16.2. The van der Waals surface area contributed by atoms with Gasteiger partial charge in [0.05, 0.1) is 12.1 Å². The zero-order valence-electron chi connectivity index (χ0n) is 17.6. The van der Waals surface area contributed by atoms with Gasteiger partial charge in [0.25, 0.3) is 5.91 Å². The Bertz CT molecular complexity index is 1040. The molecule has 2 aromatic rings. The molecule has 1 saturated heterocycles. The van der Waals surface area contributed by atoms with Crippen molar-refractivity contribution >= 4 is 29.0 Å². The SMILES string of the molecule is Cc1c(C=C2C(=O)Nc3ccc(C(=O)CN4CCCCC4)cc32)[nH]c2c1CCCC2. The molecule has 1 aromatic carbocycles. The van der Waals surface area contributed by atoms with Crippen LogP contribution in [-0.2, 0) is 17.6 Å². The second-order valence-electron chi connectivity index (χ2n) is 8.86. The average molecular weight is 404 g/mol. The maximum Gasteiger partial charge on any atom is 0.256 e. The van der Waals surface area contributed by atoms with Gasteiger partial charge in [0.2, 0.25) is 0 Å². The standard InChI is InChI=1S/C25H29N3O2/c1-16-18-7-3-4-8-21(18)26-23(16)14-20-19-13-17(9-10-22(19)27-25(20)30)24(29)15-28-11-5-2-6-12-28/h9-10,13-14,26H,2-8,11-12,15H2,1H3,(H,27,30). The maximum absolute atomic E-state index is 12.9. The van der Waals surface area contributed by atoms with Crippen molar-refractivity contribution in [1.29, 1.82) is 0 Å². The number of carbonyl (C=O) groups excluding carboxylic acids is 2. The molecule has 5 nitrogen and oxygen atoms in total. The number of benzene rings is 1. The summed E-state index contributed by atoms with van der Waals surface area (Å²) in [7, 11) is 0. The molecule has 0 spiro atoms. The van der Waals surface area contributed by atoms with E-state index in [0.717, 1.165) is 42.9 Å². The van der Waals surface area contributed by atoms with Crippen molar-refractivity contribution in [3.63, 3.8) is 0 Å². The zero-order valence-corrected chi connectivity index (χ0v) is 17.6. The van der Waals surface area contributed by atoms with Gasteiger partial charge in [-0.2, -0.15) is 0 Å². The summed E-state index contributed by atoms with van der Waals surface area (Å²) in [6, 6.07) is 5.60. The molecular weight excluding hydrogens is 374 g/mol. The van der Waals surface area contributed by atoms with Crippen molar-refractivity contribution < 1.29 is 9.59 Å². The van der Waals surface area contributed by atoms with Crippen molar-refractivity contribution in [2.45, 2.75) is 51.9 Å². The average Bonchev–Trinajstić information content (AvgIpc) is 3.25. The summed E-state index contributed by atoms with van der Waals surface area (Å²) in [6.45, 7) is 4.60. The van der Waals surface area contributed by atoms with Crippen LogP contribution in [0.1, 0.15) is 70.5 Å². The smallest absolute Gasteiger partial charge is 0.256 e. The minimum atomic E-state index is -0.0994. The van der Waals surface area contributed by atoms with Gasteiger partial charge in [-0.25, -0.2) is 0 Å². The Morgan fingerprint density at radius 2 is 1.90 bits per heavy atom. The largest absolute Gasteiger partial charge is 0.358 e. The monoisotopic (exact) mass is 403 g/mol. The third-order valence-electron chi connectivity index (χ3n) is 6.84. The summed E-state index contributed by atoms with van der Waals surface area (Å²) in [6.07, 6.45) is 10.2. The van der Waals surface area contributed by atoms with Gasteiger partial charge < -0.3 is 10.3 Å². The number of amides is 1. The summed E-state index contributed by atoms with van der Waals surface area (Å²) >= 11 is 0. The number of aromatic nitrogens is 1. The van der Waals surface area contributed by atoms with Crippen LogP contribution < -0.4 is 5.32 Å². The number of ketones is 1. The van der Waals surface area contributed by atoms with Crippen LogP contribution in [0.15, 0.2) is 18.2 Å². The van der Waals surface area contributed by atoms with Gasteiger partial charge in [-0.05, 0) is 93.9 Å². The predicted molar refractivity (Wildman–Crippen MR) is 120 cm³/mol. The summed E-state index contributed by atoms with van der Waals surface area (Å²) in [4.78, 5) is 31.4. The van der Waals surface area contributed by atoms with Crippen LogP contribution in [0.4, 0.5) is 5.69 Å². The van der Waals surface area contributed by atoms with Gasteiger partial charge in [-0.15, -0.1) is 0 Å². The van der Waals surface area contributed by atoms with Gasteiger partial charge in [0.15, 0.2) is 5.78 Å². The zero-order chi connectivity index (χ0) is 20.7. The fraction of sp³-hybridized carbons (Fsp3) is 0.440. The Morgan fingerprint density at radius 3 is 2.70 bits per heavy atom. The van der Waals surface area contributed by atoms with E-state index in [0.29, 0.717) is 17.7 Å². The van der Waals surface area contributed by atoms with Gasteiger partial charge in [-0.3, -0.25) is 14.5 Å². The third kappa shape index (κ3) is 3.52. The van der Waals surface area contributed by atoms with E-state index >= 15 is 0 Å². The lowest BCUT2D eigenvalue weighted by atomic mass is 9.94. The Balaban J connectivity index is 1.45. The van der Waals surface area contributed by atoms with Crippen molar-refractivity contribution in [1.82, 2.24) is 9.88 Å². The van der Waals surface area contributed by atoms with E-state index in [-0.39, 0.29) is 11.7 Å². The van der Waals surface area contributed by atoms with Gasteiger partial charge in [0, 0.05) is 28.2 Å². The van der Waals surface area contributed by atoms with Crippen LogP contribution in [-0.4, -0.2) is 41.2 Å². The molecule has 5 rings (SSSR count). The molecule has 2 aliphatic heterocycles. The maximum atomic E-state index is 12.9. The lowest BCUT2D eigenvalue weighted by Crippen LogP contribution is -2.34. The van der Waals surface area contributed by atoms with Crippen LogP contribution in [0.3, 0.4) is 0 Å². The van der Waals surface area contributed by atoms with Gasteiger partial charge >= 0.3 is 0 Å². The normalized spacial score (nSPS) is 20.2. The van der Waals surface area contributed by atoms with E-state index in [4.69, 9.17) is 0 Å². The van der Waals surface area contributed by atoms with E-state index in [1.54, 1.807) is 0 Å². The van der Waals surface area contributed by atoms with E-state index in [9.17, 15) is 9.59 Å². The molecule has 3 heterocycles. The fourth-order valence-corrected chi connectivity index (χ4v) is 5.08. The lowest BCUT2D eigenvalue weighted by Gasteiger charge is -2.25. The van der Waals surface area contributed by atoms with Crippen molar-refractivity contribution in [3.05, 3.63) is 51.8 Å². The molecule has 0 radical (unpaired) electrons. The molecule has 1 aliphatic carbocycles. The quantitative estimate of drug-likeness (QED) is 0.589. The number of H-pyrrole nitrogens is 1. The van der Waals surface area contributed by atoms with Crippen molar-refractivity contribution in [2.24, 2.45) is 0 Å². The molecule has 1 fully saturated rings. The van der Waals surface area contributed by atoms with Crippen LogP contribution in [0.25, 0.3) is 11.6 Å². The van der Waals surface area contributed by atoms with E-state index in [2.05, 4.69) is 22.1 Å². The number of hydrogen-bond donors (Lipinski definition) is 2. The molecular formula is C25H29N3O2. The van der Waals surface area contributed by atoms with Gasteiger partial charge in [-0.1, -0.05) is 6.42 Å². The number of aryl methyl sites for hydroxylation is 1. The summed E-state index contributed by atoms with van der Waals surface area (Å²) < 4.78 is 0. The minimum Gasteiger partial charge on any atom is -0.358 e. The summed E-state index contributed by atoms with van der Waals surface area (Å²) in [5.41, 5.74) is 7.93. The first-order chi connectivity index (χ1) is 14.6. The van der Waals surface area contributed by atoms with Crippen LogP contribution >= 0.6 is 0 Å². The topological polar surface area (TPSA) is 65.2 Å². The lowest BCUT2D eigenvalue weighted by molar-refractivity contribution is -0.110. The Labute approximate surface area is 177 Å². The number of nitrogens with one attached hydrogen (secondary N) is 2. The number of anilines is 1. The molecule has 1 aromatic heterocycles. The minimum absolute atomic E-state index is 0.0994. The molecule has 1 amide bonds. The first kappa shape index (κ1) is 19.3. The third-order valence-corrected chi connectivity index (χ3v) is 6.84. The van der Waals surface area contributed by atoms with Crippen molar-refractivity contribution in [2.75, 3.05) is 25.0 Å². The predicted octanol–water partition coefficient (Wildman–Crippen LogP) is 4.36. The number of carbonyl (C=O) groups is 2. The molecule has 0 atom stereocenters. The molecule has 0 bridgehead atoms. The van der Waals surface area contributed by atoms with Crippen molar-refractivity contribution in [3.8, 4) is 0 Å². The highest BCUT2D eigenvalue weighted by molar-refractivity contribution is 6.35. The Kier molecular flexibility index (Phi) is 5.07. The first-order valence-corrected chi connectivity index (χ1v) is 11.2.